The average Bonchev–Trinajstić information content (AvgIpc) is 3.02. The standard InChI is InChI=1S/C14H19N/c1-2-4-11(5-3-1)14-9-6-12(14)10-15-13-7-8-13/h1-5,12-15H,6-10H2. The molecule has 15 heavy (non-hydrogen) atoms. The van der Waals surface area contributed by atoms with Gasteiger partial charge in [-0.15, -0.1) is 0 Å². The minimum absolute atomic E-state index is 0.831. The number of hydrogen-bond donors (Lipinski definition) is 1. The fourth-order valence-electron chi connectivity index (χ4n) is 2.56. The summed E-state index contributed by atoms with van der Waals surface area (Å²) in [7, 11) is 0. The van der Waals surface area contributed by atoms with Gasteiger partial charge in [0.1, 0.15) is 0 Å². The Hall–Kier alpha value is -0.820. The molecule has 2 saturated carbocycles. The summed E-state index contributed by atoms with van der Waals surface area (Å²) >= 11 is 0. The van der Waals surface area contributed by atoms with Crippen molar-refractivity contribution in [2.45, 2.75) is 37.6 Å². The first-order valence-corrected chi connectivity index (χ1v) is 6.22. The highest BCUT2D eigenvalue weighted by molar-refractivity contribution is 5.22. The van der Waals surface area contributed by atoms with Crippen molar-refractivity contribution in [3.8, 4) is 0 Å². The third kappa shape index (κ3) is 2.07. The van der Waals surface area contributed by atoms with E-state index in [-0.39, 0.29) is 0 Å². The Morgan fingerprint density at radius 1 is 1.00 bits per heavy atom. The van der Waals surface area contributed by atoms with Gasteiger partial charge >= 0.3 is 0 Å². The van der Waals surface area contributed by atoms with Crippen LogP contribution in [0, 0.1) is 5.92 Å². The molecule has 0 radical (unpaired) electrons. The van der Waals surface area contributed by atoms with Crippen LogP contribution >= 0.6 is 0 Å². The molecule has 1 nitrogen and oxygen atoms in total. The molecule has 0 saturated heterocycles. The van der Waals surface area contributed by atoms with Gasteiger partial charge in [-0.1, -0.05) is 30.3 Å². The van der Waals surface area contributed by atoms with E-state index in [0.29, 0.717) is 0 Å². The molecule has 1 aromatic carbocycles. The Kier molecular flexibility index (Phi) is 2.49. The average molecular weight is 201 g/mol. The Morgan fingerprint density at radius 2 is 1.80 bits per heavy atom. The molecular formula is C14H19N. The van der Waals surface area contributed by atoms with Gasteiger partial charge in [0.15, 0.2) is 0 Å². The number of hydrogen-bond acceptors (Lipinski definition) is 1. The minimum atomic E-state index is 0.831. The highest BCUT2D eigenvalue weighted by Gasteiger charge is 2.33. The Morgan fingerprint density at radius 3 is 2.40 bits per heavy atom. The molecule has 2 atom stereocenters. The van der Waals surface area contributed by atoms with E-state index in [2.05, 4.69) is 35.6 Å². The van der Waals surface area contributed by atoms with Crippen LogP contribution < -0.4 is 5.32 Å². The Balaban J connectivity index is 1.57. The van der Waals surface area contributed by atoms with Gasteiger partial charge in [-0.05, 0) is 49.6 Å². The molecule has 0 aliphatic heterocycles. The molecular weight excluding hydrogens is 182 g/mol. The second-order valence-electron chi connectivity index (χ2n) is 5.04. The number of nitrogens with one attached hydrogen (secondary N) is 1. The normalized spacial score (nSPS) is 29.9. The summed E-state index contributed by atoms with van der Waals surface area (Å²) in [5, 5.41) is 3.66. The zero-order chi connectivity index (χ0) is 10.1. The summed E-state index contributed by atoms with van der Waals surface area (Å²) in [5.41, 5.74) is 1.55. The van der Waals surface area contributed by atoms with E-state index in [1.165, 1.54) is 32.2 Å². The third-order valence-electron chi connectivity index (χ3n) is 3.89. The quantitative estimate of drug-likeness (QED) is 0.789. The summed E-state index contributed by atoms with van der Waals surface area (Å²) in [5.74, 6) is 1.73. The largest absolute Gasteiger partial charge is 0.314 e. The van der Waals surface area contributed by atoms with Crippen LogP contribution in [0.15, 0.2) is 30.3 Å². The molecule has 3 rings (SSSR count). The summed E-state index contributed by atoms with van der Waals surface area (Å²) in [4.78, 5) is 0. The van der Waals surface area contributed by atoms with Crippen LogP contribution in [0.1, 0.15) is 37.2 Å². The molecule has 0 aromatic heterocycles. The van der Waals surface area contributed by atoms with E-state index < -0.39 is 0 Å². The summed E-state index contributed by atoms with van der Waals surface area (Å²) in [6.45, 7) is 1.24. The van der Waals surface area contributed by atoms with E-state index in [1.807, 2.05) is 0 Å². The highest BCUT2D eigenvalue weighted by atomic mass is 14.9. The minimum Gasteiger partial charge on any atom is -0.314 e. The van der Waals surface area contributed by atoms with Crippen LogP contribution in [0.3, 0.4) is 0 Å². The maximum absolute atomic E-state index is 3.66. The number of rotatable bonds is 4. The zero-order valence-electron chi connectivity index (χ0n) is 9.15. The smallest absolute Gasteiger partial charge is 0.00683 e. The highest BCUT2D eigenvalue weighted by Crippen LogP contribution is 2.42. The van der Waals surface area contributed by atoms with Crippen LogP contribution in [-0.2, 0) is 0 Å². The Bertz CT molecular complexity index is 315. The van der Waals surface area contributed by atoms with Crippen LogP contribution in [-0.4, -0.2) is 12.6 Å². The van der Waals surface area contributed by atoms with Crippen molar-refractivity contribution in [2.24, 2.45) is 5.92 Å². The van der Waals surface area contributed by atoms with Gasteiger partial charge in [-0.25, -0.2) is 0 Å². The SMILES string of the molecule is c1ccc(C2CCC2CNC2CC2)cc1. The molecule has 0 amide bonds. The lowest BCUT2D eigenvalue weighted by Gasteiger charge is -2.37. The fraction of sp³-hybridized carbons (Fsp3) is 0.571. The van der Waals surface area contributed by atoms with Gasteiger partial charge in [0.05, 0.1) is 0 Å². The first-order chi connectivity index (χ1) is 7.43. The molecule has 1 aromatic rings. The predicted molar refractivity (Wildman–Crippen MR) is 62.9 cm³/mol. The van der Waals surface area contributed by atoms with Gasteiger partial charge in [-0.2, -0.15) is 0 Å². The maximum Gasteiger partial charge on any atom is 0.00683 e. The van der Waals surface area contributed by atoms with Gasteiger partial charge in [0.2, 0.25) is 0 Å². The zero-order valence-corrected chi connectivity index (χ0v) is 9.15. The Labute approximate surface area is 91.9 Å². The maximum atomic E-state index is 3.66. The second-order valence-corrected chi connectivity index (χ2v) is 5.04. The number of benzene rings is 1. The van der Waals surface area contributed by atoms with Crippen molar-refractivity contribution in [3.05, 3.63) is 35.9 Å². The molecule has 1 heteroatoms. The van der Waals surface area contributed by atoms with Crippen molar-refractivity contribution in [2.75, 3.05) is 6.54 Å². The van der Waals surface area contributed by atoms with E-state index in [1.54, 1.807) is 5.56 Å². The van der Waals surface area contributed by atoms with Crippen LogP contribution in [0.4, 0.5) is 0 Å². The predicted octanol–water partition coefficient (Wildman–Crippen LogP) is 2.93. The van der Waals surface area contributed by atoms with E-state index in [0.717, 1.165) is 17.9 Å². The van der Waals surface area contributed by atoms with Crippen LogP contribution in [0.2, 0.25) is 0 Å². The molecule has 80 valence electrons. The fourth-order valence-corrected chi connectivity index (χ4v) is 2.56. The first-order valence-electron chi connectivity index (χ1n) is 6.22. The van der Waals surface area contributed by atoms with E-state index >= 15 is 0 Å². The molecule has 2 aliphatic carbocycles. The summed E-state index contributed by atoms with van der Waals surface area (Å²) in [6, 6.07) is 11.9. The summed E-state index contributed by atoms with van der Waals surface area (Å²) in [6.07, 6.45) is 5.62. The van der Waals surface area contributed by atoms with Gasteiger partial charge < -0.3 is 5.32 Å². The van der Waals surface area contributed by atoms with Crippen molar-refractivity contribution in [3.63, 3.8) is 0 Å². The third-order valence-corrected chi connectivity index (χ3v) is 3.89. The second kappa shape index (κ2) is 3.97. The molecule has 2 aliphatic rings. The lowest BCUT2D eigenvalue weighted by Crippen LogP contribution is -2.34. The molecule has 2 unspecified atom stereocenters. The first kappa shape index (κ1) is 9.41. The summed E-state index contributed by atoms with van der Waals surface area (Å²) < 4.78 is 0. The molecule has 0 bridgehead atoms. The van der Waals surface area contributed by atoms with E-state index in [4.69, 9.17) is 0 Å². The monoisotopic (exact) mass is 201 g/mol. The molecule has 0 heterocycles. The molecule has 0 spiro atoms. The molecule has 2 fully saturated rings. The van der Waals surface area contributed by atoms with E-state index in [9.17, 15) is 0 Å². The van der Waals surface area contributed by atoms with Crippen molar-refractivity contribution in [1.29, 1.82) is 0 Å². The van der Waals surface area contributed by atoms with Crippen molar-refractivity contribution in [1.82, 2.24) is 5.32 Å². The topological polar surface area (TPSA) is 12.0 Å². The lowest BCUT2D eigenvalue weighted by molar-refractivity contribution is 0.245. The van der Waals surface area contributed by atoms with Gasteiger partial charge in [0, 0.05) is 6.04 Å². The van der Waals surface area contributed by atoms with Gasteiger partial charge in [0.25, 0.3) is 0 Å². The van der Waals surface area contributed by atoms with Crippen molar-refractivity contribution >= 4 is 0 Å². The van der Waals surface area contributed by atoms with Crippen molar-refractivity contribution < 1.29 is 0 Å². The molecule has 1 N–H and O–H groups in total. The van der Waals surface area contributed by atoms with Gasteiger partial charge in [-0.3, -0.25) is 0 Å². The lowest BCUT2D eigenvalue weighted by atomic mass is 9.70. The van der Waals surface area contributed by atoms with Crippen LogP contribution in [0.25, 0.3) is 0 Å². The van der Waals surface area contributed by atoms with Crippen LogP contribution in [0.5, 0.6) is 0 Å².